The number of carbonyl (C=O) groups is 1. The number of hydrogen-bond acceptors (Lipinski definition) is 3. The summed E-state index contributed by atoms with van der Waals surface area (Å²) < 4.78 is 3.59. The van der Waals surface area contributed by atoms with Gasteiger partial charge >= 0.3 is 0 Å². The van der Waals surface area contributed by atoms with Crippen LogP contribution in [0.4, 0.5) is 0 Å². The molecule has 0 bridgehead atoms. The molecule has 4 nitrogen and oxygen atoms in total. The summed E-state index contributed by atoms with van der Waals surface area (Å²) in [5.74, 6) is -0.0460. The zero-order valence-electron chi connectivity index (χ0n) is 9.61. The fraction of sp³-hybridized carbons (Fsp3) is 0.273. The lowest BCUT2D eigenvalue weighted by Crippen LogP contribution is -2.24. The molecule has 0 aromatic carbocycles. The third kappa shape index (κ3) is 3.43. The van der Waals surface area contributed by atoms with E-state index in [2.05, 4.69) is 42.3 Å². The molecule has 0 fully saturated rings. The number of thiophene rings is 1. The fourth-order valence-corrected chi connectivity index (χ4v) is 3.42. The molecule has 1 N–H and O–H groups in total. The van der Waals surface area contributed by atoms with Crippen molar-refractivity contribution in [1.29, 1.82) is 0 Å². The molecule has 0 aliphatic carbocycles. The van der Waals surface area contributed by atoms with Gasteiger partial charge < -0.3 is 5.32 Å². The van der Waals surface area contributed by atoms with Gasteiger partial charge in [-0.15, -0.1) is 11.3 Å². The Morgan fingerprint density at radius 3 is 2.89 bits per heavy atom. The van der Waals surface area contributed by atoms with Gasteiger partial charge in [0.15, 0.2) is 0 Å². The lowest BCUT2D eigenvalue weighted by molar-refractivity contribution is 0.0958. The van der Waals surface area contributed by atoms with E-state index in [0.29, 0.717) is 11.4 Å². The number of nitrogens with one attached hydrogen (secondary N) is 1. The van der Waals surface area contributed by atoms with Gasteiger partial charge in [-0.3, -0.25) is 9.48 Å². The molecule has 0 spiro atoms. The van der Waals surface area contributed by atoms with Crippen molar-refractivity contribution >= 4 is 49.1 Å². The summed E-state index contributed by atoms with van der Waals surface area (Å²) in [4.78, 5) is 12.5. The van der Waals surface area contributed by atoms with Crippen molar-refractivity contribution in [3.63, 3.8) is 0 Å². The normalized spacial score (nSPS) is 10.6. The van der Waals surface area contributed by atoms with Gasteiger partial charge in [0.1, 0.15) is 0 Å². The lowest BCUT2D eigenvalue weighted by Gasteiger charge is -2.01. The Labute approximate surface area is 126 Å². The highest BCUT2D eigenvalue weighted by atomic mass is 79.9. The standard InChI is InChI=1S/C11H11Br2N3OS/c1-16-6-7(5-15-16)2-3-14-11(17)9-4-8(12)10(13)18-9/h4-6H,2-3H2,1H3,(H,14,17). The Morgan fingerprint density at radius 1 is 1.56 bits per heavy atom. The first kappa shape index (κ1) is 13.8. The maximum atomic E-state index is 11.8. The summed E-state index contributed by atoms with van der Waals surface area (Å²) in [6.07, 6.45) is 4.54. The molecule has 18 heavy (non-hydrogen) atoms. The van der Waals surface area contributed by atoms with Crippen LogP contribution in [0.2, 0.25) is 0 Å². The van der Waals surface area contributed by atoms with Gasteiger partial charge in [0, 0.05) is 24.3 Å². The number of aromatic nitrogens is 2. The predicted octanol–water partition coefficient (Wildman–Crippen LogP) is 2.98. The van der Waals surface area contributed by atoms with E-state index in [1.165, 1.54) is 11.3 Å². The van der Waals surface area contributed by atoms with Crippen LogP contribution in [0.3, 0.4) is 0 Å². The molecule has 0 atom stereocenters. The van der Waals surface area contributed by atoms with Crippen LogP contribution < -0.4 is 5.32 Å². The molecule has 0 unspecified atom stereocenters. The average molecular weight is 393 g/mol. The van der Waals surface area contributed by atoms with Gasteiger partial charge in [0.25, 0.3) is 5.91 Å². The largest absolute Gasteiger partial charge is 0.351 e. The van der Waals surface area contributed by atoms with E-state index in [0.717, 1.165) is 20.2 Å². The zero-order chi connectivity index (χ0) is 13.1. The monoisotopic (exact) mass is 391 g/mol. The fourth-order valence-electron chi connectivity index (χ4n) is 1.47. The summed E-state index contributed by atoms with van der Waals surface area (Å²) in [7, 11) is 1.88. The number of carbonyl (C=O) groups excluding carboxylic acids is 1. The molecule has 0 aliphatic heterocycles. The molecule has 7 heteroatoms. The molecule has 0 radical (unpaired) electrons. The molecule has 2 heterocycles. The summed E-state index contributed by atoms with van der Waals surface area (Å²) >= 11 is 8.15. The molecule has 0 saturated carbocycles. The second-order valence-electron chi connectivity index (χ2n) is 3.76. The summed E-state index contributed by atoms with van der Waals surface area (Å²) in [5, 5.41) is 6.97. The second kappa shape index (κ2) is 5.99. The van der Waals surface area contributed by atoms with Crippen molar-refractivity contribution in [2.24, 2.45) is 7.05 Å². The number of nitrogens with zero attached hydrogens (tertiary/aromatic N) is 2. The predicted molar refractivity (Wildman–Crippen MR) is 79.0 cm³/mol. The van der Waals surface area contributed by atoms with Gasteiger partial charge in [0.2, 0.25) is 0 Å². The lowest BCUT2D eigenvalue weighted by atomic mass is 10.2. The summed E-state index contributed by atoms with van der Waals surface area (Å²) in [6, 6.07) is 1.81. The Morgan fingerprint density at radius 2 is 2.33 bits per heavy atom. The number of rotatable bonds is 4. The van der Waals surface area contributed by atoms with Crippen LogP contribution in [-0.2, 0) is 13.5 Å². The van der Waals surface area contributed by atoms with Crippen molar-refractivity contribution in [2.45, 2.75) is 6.42 Å². The minimum atomic E-state index is -0.0460. The quantitative estimate of drug-likeness (QED) is 0.869. The highest BCUT2D eigenvalue weighted by Gasteiger charge is 2.11. The summed E-state index contributed by atoms with van der Waals surface area (Å²) in [6.45, 7) is 0.609. The van der Waals surface area contributed by atoms with E-state index in [9.17, 15) is 4.79 Å². The number of amides is 1. The average Bonchev–Trinajstić information content (AvgIpc) is 2.87. The van der Waals surface area contributed by atoms with Gasteiger partial charge in [-0.05, 0) is 49.9 Å². The molecular formula is C11H11Br2N3OS. The molecule has 96 valence electrons. The molecule has 2 aromatic heterocycles. The number of halogens is 2. The molecular weight excluding hydrogens is 382 g/mol. The Balaban J connectivity index is 1.85. The first-order chi connectivity index (χ1) is 8.56. The number of hydrogen-bond donors (Lipinski definition) is 1. The van der Waals surface area contributed by atoms with Crippen LogP contribution in [0.1, 0.15) is 15.2 Å². The van der Waals surface area contributed by atoms with Gasteiger partial charge in [-0.25, -0.2) is 0 Å². The van der Waals surface area contributed by atoms with Gasteiger partial charge in [-0.1, -0.05) is 0 Å². The molecule has 1 amide bonds. The zero-order valence-corrected chi connectivity index (χ0v) is 13.6. The van der Waals surface area contributed by atoms with E-state index >= 15 is 0 Å². The van der Waals surface area contributed by atoms with Crippen LogP contribution in [0.25, 0.3) is 0 Å². The van der Waals surface area contributed by atoms with E-state index in [1.54, 1.807) is 4.68 Å². The first-order valence-corrected chi connectivity index (χ1v) is 7.67. The van der Waals surface area contributed by atoms with Gasteiger partial charge in [-0.2, -0.15) is 5.10 Å². The Bertz CT molecular complexity index is 545. The van der Waals surface area contributed by atoms with Crippen LogP contribution in [-0.4, -0.2) is 22.2 Å². The maximum absolute atomic E-state index is 11.8. The van der Waals surface area contributed by atoms with E-state index in [1.807, 2.05) is 25.5 Å². The van der Waals surface area contributed by atoms with Crippen LogP contribution in [0.5, 0.6) is 0 Å². The number of aryl methyl sites for hydroxylation is 1. The highest BCUT2D eigenvalue weighted by Crippen LogP contribution is 2.32. The molecule has 0 saturated heterocycles. The second-order valence-corrected chi connectivity index (χ2v) is 6.98. The maximum Gasteiger partial charge on any atom is 0.261 e. The summed E-state index contributed by atoms with van der Waals surface area (Å²) in [5.41, 5.74) is 1.12. The Hall–Kier alpha value is -0.660. The van der Waals surface area contributed by atoms with Crippen molar-refractivity contribution in [1.82, 2.24) is 15.1 Å². The minimum Gasteiger partial charge on any atom is -0.351 e. The van der Waals surface area contributed by atoms with Crippen LogP contribution >= 0.6 is 43.2 Å². The first-order valence-electron chi connectivity index (χ1n) is 5.27. The Kier molecular flexibility index (Phi) is 4.58. The third-order valence-corrected chi connectivity index (χ3v) is 5.58. The van der Waals surface area contributed by atoms with Crippen LogP contribution in [0.15, 0.2) is 26.7 Å². The van der Waals surface area contributed by atoms with Crippen molar-refractivity contribution in [2.75, 3.05) is 6.54 Å². The van der Waals surface area contributed by atoms with Crippen LogP contribution in [0, 0.1) is 0 Å². The van der Waals surface area contributed by atoms with E-state index in [4.69, 9.17) is 0 Å². The minimum absolute atomic E-state index is 0.0460. The van der Waals surface area contributed by atoms with Crippen molar-refractivity contribution in [3.8, 4) is 0 Å². The topological polar surface area (TPSA) is 46.9 Å². The third-order valence-electron chi connectivity index (χ3n) is 2.33. The highest BCUT2D eigenvalue weighted by molar-refractivity contribution is 9.13. The smallest absolute Gasteiger partial charge is 0.261 e. The van der Waals surface area contributed by atoms with Crippen molar-refractivity contribution < 1.29 is 4.79 Å². The van der Waals surface area contributed by atoms with E-state index in [-0.39, 0.29) is 5.91 Å². The molecule has 2 aromatic rings. The van der Waals surface area contributed by atoms with Gasteiger partial charge in [0.05, 0.1) is 14.9 Å². The SMILES string of the molecule is Cn1cc(CCNC(=O)c2cc(Br)c(Br)s2)cn1. The molecule has 0 aliphatic rings. The van der Waals surface area contributed by atoms with Crippen molar-refractivity contribution in [3.05, 3.63) is 37.2 Å². The van der Waals surface area contributed by atoms with E-state index < -0.39 is 0 Å². The molecule has 2 rings (SSSR count).